The summed E-state index contributed by atoms with van der Waals surface area (Å²) in [6.07, 6.45) is 0.552. The van der Waals surface area contributed by atoms with Gasteiger partial charge in [0.1, 0.15) is 5.60 Å². The van der Waals surface area contributed by atoms with Gasteiger partial charge in [0.2, 0.25) is 0 Å². The van der Waals surface area contributed by atoms with Crippen LogP contribution in [0.3, 0.4) is 0 Å². The van der Waals surface area contributed by atoms with E-state index >= 15 is 0 Å². The van der Waals surface area contributed by atoms with Crippen molar-refractivity contribution in [2.24, 2.45) is 0 Å². The van der Waals surface area contributed by atoms with Crippen molar-refractivity contribution < 1.29 is 18.3 Å². The molecular formula is C10H14BrF2NO2. The molecule has 0 N–H and O–H groups in total. The molecule has 0 spiro atoms. The first-order chi connectivity index (χ1) is 7.12. The topological polar surface area (TPSA) is 29.5 Å². The Morgan fingerprint density at radius 1 is 1.56 bits per heavy atom. The van der Waals surface area contributed by atoms with Crippen molar-refractivity contribution in [3.8, 4) is 0 Å². The number of carbonyl (C=O) groups excluding carboxylic acids is 1. The number of amides is 1. The minimum atomic E-state index is -3.03. The van der Waals surface area contributed by atoms with Gasteiger partial charge >= 0.3 is 6.09 Å². The van der Waals surface area contributed by atoms with E-state index in [0.29, 0.717) is 0 Å². The fourth-order valence-corrected chi connectivity index (χ4v) is 1.46. The quantitative estimate of drug-likeness (QED) is 0.687. The van der Waals surface area contributed by atoms with Gasteiger partial charge in [-0.15, -0.1) is 0 Å². The highest BCUT2D eigenvalue weighted by Crippen LogP contribution is 2.33. The van der Waals surface area contributed by atoms with Crippen molar-refractivity contribution in [3.63, 3.8) is 0 Å². The largest absolute Gasteiger partial charge is 0.444 e. The molecule has 0 unspecified atom stereocenters. The predicted molar refractivity (Wildman–Crippen MR) is 59.8 cm³/mol. The third-order valence-corrected chi connectivity index (χ3v) is 2.79. The van der Waals surface area contributed by atoms with E-state index in [1.165, 1.54) is 6.08 Å². The molecule has 16 heavy (non-hydrogen) atoms. The van der Waals surface area contributed by atoms with Crippen molar-refractivity contribution in [1.29, 1.82) is 0 Å². The maximum atomic E-state index is 13.3. The summed E-state index contributed by atoms with van der Waals surface area (Å²) < 4.78 is 31.4. The third-order valence-electron chi connectivity index (χ3n) is 1.88. The number of ether oxygens (including phenoxy) is 1. The van der Waals surface area contributed by atoms with Gasteiger partial charge in [-0.1, -0.05) is 0 Å². The van der Waals surface area contributed by atoms with Crippen LogP contribution in [0.2, 0.25) is 0 Å². The average Bonchev–Trinajstić information content (AvgIpc) is 2.06. The van der Waals surface area contributed by atoms with Gasteiger partial charge in [-0.05, 0) is 42.8 Å². The number of hydrogen-bond donors (Lipinski definition) is 0. The number of carbonyl (C=O) groups is 1. The van der Waals surface area contributed by atoms with Crippen LogP contribution < -0.4 is 0 Å². The molecule has 0 fully saturated rings. The van der Waals surface area contributed by atoms with Gasteiger partial charge in [0.25, 0.3) is 5.92 Å². The molecule has 0 saturated carbocycles. The number of alkyl halides is 2. The fraction of sp³-hybridized carbons (Fsp3) is 0.700. The second-order valence-corrected chi connectivity index (χ2v) is 5.47. The van der Waals surface area contributed by atoms with Gasteiger partial charge in [0.05, 0.1) is 11.0 Å². The van der Waals surface area contributed by atoms with Crippen LogP contribution in [0.1, 0.15) is 20.8 Å². The van der Waals surface area contributed by atoms with Crippen LogP contribution in [-0.2, 0) is 4.74 Å². The SMILES string of the molecule is CC(C)(C)OC(=O)N1CC=C(Br)C(F)(F)C1. The van der Waals surface area contributed by atoms with E-state index in [0.717, 1.165) is 4.90 Å². The molecule has 1 aliphatic heterocycles. The summed E-state index contributed by atoms with van der Waals surface area (Å²) in [6, 6.07) is 0. The molecule has 1 heterocycles. The van der Waals surface area contributed by atoms with Crippen LogP contribution in [0.5, 0.6) is 0 Å². The molecule has 1 rings (SSSR count). The summed E-state index contributed by atoms with van der Waals surface area (Å²) in [5.41, 5.74) is -0.676. The normalized spacial score (nSPS) is 20.4. The van der Waals surface area contributed by atoms with Crippen molar-refractivity contribution in [3.05, 3.63) is 10.6 Å². The van der Waals surface area contributed by atoms with E-state index in [-0.39, 0.29) is 11.0 Å². The number of halogens is 3. The first-order valence-electron chi connectivity index (χ1n) is 4.84. The zero-order chi connectivity index (χ0) is 12.6. The number of rotatable bonds is 0. The highest BCUT2D eigenvalue weighted by molar-refractivity contribution is 9.11. The monoisotopic (exact) mass is 297 g/mol. The lowest BCUT2D eigenvalue weighted by atomic mass is 10.2. The molecule has 0 atom stereocenters. The Morgan fingerprint density at radius 3 is 2.56 bits per heavy atom. The molecule has 0 aromatic rings. The first-order valence-corrected chi connectivity index (χ1v) is 5.63. The van der Waals surface area contributed by atoms with Crippen molar-refractivity contribution in [2.75, 3.05) is 13.1 Å². The summed E-state index contributed by atoms with van der Waals surface area (Å²) in [6.45, 7) is 4.56. The zero-order valence-electron chi connectivity index (χ0n) is 9.39. The lowest BCUT2D eigenvalue weighted by Crippen LogP contribution is -2.46. The number of nitrogens with zero attached hydrogens (tertiary/aromatic N) is 1. The Kier molecular flexibility index (Phi) is 3.62. The van der Waals surface area contributed by atoms with Gasteiger partial charge < -0.3 is 4.74 Å². The van der Waals surface area contributed by atoms with E-state index < -0.39 is 24.2 Å². The summed E-state index contributed by atoms with van der Waals surface area (Å²) in [4.78, 5) is 12.5. The smallest absolute Gasteiger partial charge is 0.410 e. The van der Waals surface area contributed by atoms with E-state index in [1.54, 1.807) is 20.8 Å². The van der Waals surface area contributed by atoms with Crippen molar-refractivity contribution >= 4 is 22.0 Å². The minimum Gasteiger partial charge on any atom is -0.444 e. The molecule has 1 aliphatic rings. The van der Waals surface area contributed by atoms with Crippen LogP contribution in [0, 0.1) is 0 Å². The Labute approximate surface area is 102 Å². The van der Waals surface area contributed by atoms with E-state index in [2.05, 4.69) is 15.9 Å². The molecular weight excluding hydrogens is 284 g/mol. The van der Waals surface area contributed by atoms with Crippen molar-refractivity contribution in [1.82, 2.24) is 4.90 Å². The van der Waals surface area contributed by atoms with Crippen molar-refractivity contribution in [2.45, 2.75) is 32.3 Å². The Hall–Kier alpha value is -0.650. The third kappa shape index (κ3) is 3.43. The van der Waals surface area contributed by atoms with E-state index in [1.807, 2.05) is 0 Å². The fourth-order valence-electron chi connectivity index (χ4n) is 1.19. The molecule has 92 valence electrons. The molecule has 1 amide bonds. The average molecular weight is 298 g/mol. The molecule has 0 aliphatic carbocycles. The second kappa shape index (κ2) is 4.31. The van der Waals surface area contributed by atoms with Gasteiger partial charge in [0.15, 0.2) is 0 Å². The first kappa shape index (κ1) is 13.4. The lowest BCUT2D eigenvalue weighted by Gasteiger charge is -2.32. The van der Waals surface area contributed by atoms with E-state index in [4.69, 9.17) is 4.74 Å². The molecule has 6 heteroatoms. The van der Waals surface area contributed by atoms with Crippen LogP contribution in [0.15, 0.2) is 10.6 Å². The molecule has 0 saturated heterocycles. The van der Waals surface area contributed by atoms with E-state index in [9.17, 15) is 13.6 Å². The Morgan fingerprint density at radius 2 is 2.12 bits per heavy atom. The predicted octanol–water partition coefficient (Wildman–Crippen LogP) is 3.15. The molecule has 3 nitrogen and oxygen atoms in total. The van der Waals surface area contributed by atoms with Crippen LogP contribution in [0.25, 0.3) is 0 Å². The molecule has 0 radical (unpaired) electrons. The maximum absolute atomic E-state index is 13.3. The van der Waals surface area contributed by atoms with Gasteiger partial charge in [-0.25, -0.2) is 4.79 Å². The second-order valence-electron chi connectivity index (χ2n) is 4.62. The lowest BCUT2D eigenvalue weighted by molar-refractivity contribution is -0.0179. The Bertz CT molecular complexity index is 323. The summed E-state index contributed by atoms with van der Waals surface area (Å²) in [7, 11) is 0. The van der Waals surface area contributed by atoms with Crippen LogP contribution in [0.4, 0.5) is 13.6 Å². The van der Waals surface area contributed by atoms with Crippen LogP contribution >= 0.6 is 15.9 Å². The molecule has 0 aromatic carbocycles. The standard InChI is InChI=1S/C10H14BrF2NO2/c1-9(2,3)16-8(15)14-5-4-7(11)10(12,13)6-14/h4H,5-6H2,1-3H3. The zero-order valence-corrected chi connectivity index (χ0v) is 11.0. The minimum absolute atomic E-state index is 0.130. The summed E-state index contributed by atoms with van der Waals surface area (Å²) in [5, 5.41) is 0. The number of hydrogen-bond acceptors (Lipinski definition) is 2. The van der Waals surface area contributed by atoms with Gasteiger partial charge in [-0.3, -0.25) is 4.90 Å². The summed E-state index contributed by atoms with van der Waals surface area (Å²) in [5.74, 6) is -3.03. The molecule has 0 bridgehead atoms. The van der Waals surface area contributed by atoms with Gasteiger partial charge in [-0.2, -0.15) is 8.78 Å². The highest BCUT2D eigenvalue weighted by Gasteiger charge is 2.40. The highest BCUT2D eigenvalue weighted by atomic mass is 79.9. The summed E-state index contributed by atoms with van der Waals surface area (Å²) >= 11 is 2.78. The molecule has 0 aromatic heterocycles. The maximum Gasteiger partial charge on any atom is 0.410 e. The van der Waals surface area contributed by atoms with Crippen LogP contribution in [-0.4, -0.2) is 35.6 Å². The Balaban J connectivity index is 2.69. The van der Waals surface area contributed by atoms with Gasteiger partial charge in [0, 0.05) is 6.54 Å².